The molecular weight excluding hydrogens is 326 g/mol. The molecule has 1 atom stereocenters. The number of aryl methyl sites for hydroxylation is 2. The third-order valence-electron chi connectivity index (χ3n) is 4.09. The Morgan fingerprint density at radius 1 is 1.29 bits per heavy atom. The van der Waals surface area contributed by atoms with Gasteiger partial charge in [-0.2, -0.15) is 0 Å². The average molecular weight is 342 g/mol. The van der Waals surface area contributed by atoms with Crippen LogP contribution in [0.25, 0.3) is 11.5 Å². The van der Waals surface area contributed by atoms with Gasteiger partial charge in [-0.05, 0) is 49.9 Å². The molecular formula is C17H16ClN5O. The third kappa shape index (κ3) is 3.10. The Morgan fingerprint density at radius 3 is 3.08 bits per heavy atom. The number of aromatic nitrogens is 4. The fourth-order valence-corrected chi connectivity index (χ4v) is 3.12. The van der Waals surface area contributed by atoms with Crippen LogP contribution in [0.5, 0.6) is 0 Å². The first kappa shape index (κ1) is 15.1. The lowest BCUT2D eigenvalue weighted by Gasteiger charge is -2.23. The molecule has 2 heterocycles. The fraction of sp³-hybridized carbons (Fsp3) is 0.294. The van der Waals surface area contributed by atoms with Crippen LogP contribution in [-0.4, -0.2) is 26.2 Å². The van der Waals surface area contributed by atoms with Gasteiger partial charge in [0.1, 0.15) is 5.82 Å². The minimum Gasteiger partial charge on any atom is -0.403 e. The number of nitrogens with zero attached hydrogens (tertiary/aromatic N) is 4. The zero-order valence-electron chi connectivity index (χ0n) is 13.2. The van der Waals surface area contributed by atoms with Gasteiger partial charge in [-0.25, -0.2) is 9.97 Å². The van der Waals surface area contributed by atoms with Gasteiger partial charge >= 0.3 is 6.01 Å². The second kappa shape index (κ2) is 6.20. The molecule has 122 valence electrons. The predicted octanol–water partition coefficient (Wildman–Crippen LogP) is 3.46. The lowest BCUT2D eigenvalue weighted by atomic mass is 9.93. The van der Waals surface area contributed by atoms with E-state index < -0.39 is 0 Å². The molecule has 2 aromatic heterocycles. The summed E-state index contributed by atoms with van der Waals surface area (Å²) in [5.41, 5.74) is 3.13. The van der Waals surface area contributed by atoms with Crippen molar-refractivity contribution in [1.29, 1.82) is 0 Å². The number of fused-ring (bicyclic) bond motifs is 1. The van der Waals surface area contributed by atoms with Gasteiger partial charge in [0.25, 0.3) is 0 Å². The largest absolute Gasteiger partial charge is 0.403 e. The first-order valence-electron chi connectivity index (χ1n) is 7.85. The van der Waals surface area contributed by atoms with E-state index in [-0.39, 0.29) is 6.04 Å². The molecule has 0 fully saturated rings. The van der Waals surface area contributed by atoms with Gasteiger partial charge in [0.15, 0.2) is 0 Å². The molecule has 4 rings (SSSR count). The molecule has 0 saturated carbocycles. The Hall–Kier alpha value is -2.47. The molecule has 0 amide bonds. The maximum atomic E-state index is 6.00. The number of halogens is 1. The molecule has 7 heteroatoms. The fourth-order valence-electron chi connectivity index (χ4n) is 2.92. The Balaban J connectivity index is 1.48. The van der Waals surface area contributed by atoms with Crippen molar-refractivity contribution in [2.75, 3.05) is 5.32 Å². The average Bonchev–Trinajstić information content (AvgIpc) is 3.03. The van der Waals surface area contributed by atoms with E-state index in [4.69, 9.17) is 16.0 Å². The molecule has 0 saturated heterocycles. The van der Waals surface area contributed by atoms with Gasteiger partial charge < -0.3 is 9.73 Å². The molecule has 1 aliphatic rings. The maximum absolute atomic E-state index is 6.00. The summed E-state index contributed by atoms with van der Waals surface area (Å²) in [7, 11) is 0. The minimum absolute atomic E-state index is 0.233. The van der Waals surface area contributed by atoms with E-state index in [0.717, 1.165) is 36.3 Å². The van der Waals surface area contributed by atoms with Crippen molar-refractivity contribution in [3.8, 4) is 11.5 Å². The van der Waals surface area contributed by atoms with E-state index in [1.165, 1.54) is 5.56 Å². The molecule has 1 aliphatic carbocycles. The van der Waals surface area contributed by atoms with Crippen LogP contribution in [0.2, 0.25) is 5.02 Å². The van der Waals surface area contributed by atoms with Gasteiger partial charge in [-0.15, -0.1) is 5.10 Å². The summed E-state index contributed by atoms with van der Waals surface area (Å²) in [5, 5.41) is 12.1. The summed E-state index contributed by atoms with van der Waals surface area (Å²) in [6.45, 7) is 1.92. The molecule has 3 aromatic rings. The predicted molar refractivity (Wildman–Crippen MR) is 90.9 cm³/mol. The number of rotatable bonds is 3. The van der Waals surface area contributed by atoms with Crippen molar-refractivity contribution < 1.29 is 4.42 Å². The van der Waals surface area contributed by atoms with Crippen LogP contribution < -0.4 is 5.32 Å². The maximum Gasteiger partial charge on any atom is 0.315 e. The van der Waals surface area contributed by atoms with Crippen molar-refractivity contribution in [1.82, 2.24) is 20.2 Å². The summed E-state index contributed by atoms with van der Waals surface area (Å²) < 4.78 is 5.71. The van der Waals surface area contributed by atoms with E-state index in [1.54, 1.807) is 6.07 Å². The van der Waals surface area contributed by atoms with Crippen LogP contribution in [-0.2, 0) is 12.8 Å². The molecule has 0 radical (unpaired) electrons. The highest BCUT2D eigenvalue weighted by molar-refractivity contribution is 6.30. The Bertz CT molecular complexity index is 879. The number of hydrogen-bond donors (Lipinski definition) is 1. The molecule has 0 aliphatic heterocycles. The van der Waals surface area contributed by atoms with E-state index in [2.05, 4.69) is 25.5 Å². The van der Waals surface area contributed by atoms with Crippen molar-refractivity contribution >= 4 is 17.6 Å². The van der Waals surface area contributed by atoms with E-state index >= 15 is 0 Å². The quantitative estimate of drug-likeness (QED) is 0.786. The molecule has 6 nitrogen and oxygen atoms in total. The van der Waals surface area contributed by atoms with Crippen molar-refractivity contribution in [3.63, 3.8) is 0 Å². The smallest absolute Gasteiger partial charge is 0.315 e. The molecule has 1 unspecified atom stereocenters. The molecule has 0 bridgehead atoms. The van der Waals surface area contributed by atoms with E-state index in [0.29, 0.717) is 16.9 Å². The third-order valence-corrected chi connectivity index (χ3v) is 4.33. The molecule has 1 aromatic carbocycles. The zero-order valence-corrected chi connectivity index (χ0v) is 13.9. The van der Waals surface area contributed by atoms with Crippen LogP contribution >= 0.6 is 11.6 Å². The zero-order chi connectivity index (χ0) is 16.5. The van der Waals surface area contributed by atoms with Crippen LogP contribution in [0.4, 0.5) is 6.01 Å². The SMILES string of the molecule is Cc1ncc2c(n1)CCC(Nc1nnc(-c3cccc(Cl)c3)o1)C2. The molecule has 1 N–H and O–H groups in total. The van der Waals surface area contributed by atoms with E-state index in [1.807, 2.05) is 31.3 Å². The highest BCUT2D eigenvalue weighted by Gasteiger charge is 2.22. The van der Waals surface area contributed by atoms with E-state index in [9.17, 15) is 0 Å². The van der Waals surface area contributed by atoms with Crippen LogP contribution in [0.15, 0.2) is 34.9 Å². The summed E-state index contributed by atoms with van der Waals surface area (Å²) in [5.74, 6) is 1.28. The second-order valence-electron chi connectivity index (χ2n) is 5.90. The summed E-state index contributed by atoms with van der Waals surface area (Å²) >= 11 is 6.00. The number of anilines is 1. The van der Waals surface area contributed by atoms with Crippen LogP contribution in [0.1, 0.15) is 23.5 Å². The Kier molecular flexibility index (Phi) is 3.90. The van der Waals surface area contributed by atoms with Gasteiger partial charge in [0.2, 0.25) is 5.89 Å². The monoisotopic (exact) mass is 341 g/mol. The van der Waals surface area contributed by atoms with Crippen LogP contribution in [0.3, 0.4) is 0 Å². The summed E-state index contributed by atoms with van der Waals surface area (Å²) in [6, 6.07) is 8.01. The van der Waals surface area contributed by atoms with Gasteiger partial charge in [-0.3, -0.25) is 0 Å². The molecule has 0 spiro atoms. The normalized spacial score (nSPS) is 16.7. The number of hydrogen-bond acceptors (Lipinski definition) is 6. The highest BCUT2D eigenvalue weighted by Crippen LogP contribution is 2.25. The Morgan fingerprint density at radius 2 is 2.21 bits per heavy atom. The van der Waals surface area contributed by atoms with Crippen LogP contribution in [0, 0.1) is 6.92 Å². The van der Waals surface area contributed by atoms with Gasteiger partial charge in [0.05, 0.1) is 0 Å². The second-order valence-corrected chi connectivity index (χ2v) is 6.33. The topological polar surface area (TPSA) is 76.7 Å². The van der Waals surface area contributed by atoms with Crippen molar-refractivity contribution in [2.24, 2.45) is 0 Å². The number of nitrogens with one attached hydrogen (secondary N) is 1. The van der Waals surface area contributed by atoms with Gasteiger partial charge in [-0.1, -0.05) is 22.8 Å². The first-order valence-corrected chi connectivity index (χ1v) is 8.22. The lowest BCUT2D eigenvalue weighted by molar-refractivity contribution is 0.537. The molecule has 24 heavy (non-hydrogen) atoms. The van der Waals surface area contributed by atoms with Crippen molar-refractivity contribution in [2.45, 2.75) is 32.2 Å². The summed E-state index contributed by atoms with van der Waals surface area (Å²) in [4.78, 5) is 8.79. The Labute approximate surface area is 144 Å². The van der Waals surface area contributed by atoms with Crippen molar-refractivity contribution in [3.05, 3.63) is 52.6 Å². The lowest BCUT2D eigenvalue weighted by Crippen LogP contribution is -2.28. The number of benzene rings is 1. The highest BCUT2D eigenvalue weighted by atomic mass is 35.5. The summed E-state index contributed by atoms with van der Waals surface area (Å²) in [6.07, 6.45) is 4.66. The first-order chi connectivity index (χ1) is 11.7. The van der Waals surface area contributed by atoms with Gasteiger partial charge in [0, 0.05) is 28.5 Å². The standard InChI is InChI=1S/C17H16ClN5O/c1-10-19-9-12-8-14(5-6-15(12)20-10)21-17-23-22-16(24-17)11-3-2-4-13(18)7-11/h2-4,7,9,14H,5-6,8H2,1H3,(H,21,23). The minimum atomic E-state index is 0.233.